The molecule has 37 heavy (non-hydrogen) atoms. The van der Waals surface area contributed by atoms with Crippen LogP contribution in [0.3, 0.4) is 0 Å². The summed E-state index contributed by atoms with van der Waals surface area (Å²) in [5, 5.41) is 4.12. The van der Waals surface area contributed by atoms with Gasteiger partial charge in [-0.2, -0.15) is 0 Å². The van der Waals surface area contributed by atoms with Crippen LogP contribution in [0.2, 0.25) is 0 Å². The quantitative estimate of drug-likeness (QED) is 0.487. The van der Waals surface area contributed by atoms with Gasteiger partial charge in [-0.15, -0.1) is 11.3 Å². The van der Waals surface area contributed by atoms with Crippen LogP contribution in [0.1, 0.15) is 69.4 Å². The summed E-state index contributed by atoms with van der Waals surface area (Å²) in [7, 11) is 0. The Morgan fingerprint density at radius 3 is 2.70 bits per heavy atom. The Balaban J connectivity index is 1.20. The number of hydrogen-bond donors (Lipinski definition) is 1. The number of amides is 2. The SMILES string of the molecule is Cc1cccc(-c2sc(C3CC3)nc2C(=O)N2CCCC[C@H]2CNC(=O)c2ccc3c(c2)OCCO3)c1. The Morgan fingerprint density at radius 1 is 1.05 bits per heavy atom. The van der Waals surface area contributed by atoms with Gasteiger partial charge >= 0.3 is 0 Å². The summed E-state index contributed by atoms with van der Waals surface area (Å²) < 4.78 is 11.2. The summed E-state index contributed by atoms with van der Waals surface area (Å²) in [4.78, 5) is 34.7. The van der Waals surface area contributed by atoms with Gasteiger partial charge in [0.05, 0.1) is 9.88 Å². The average molecular weight is 518 g/mol. The van der Waals surface area contributed by atoms with Gasteiger partial charge in [0.25, 0.3) is 11.8 Å². The molecule has 0 bridgehead atoms. The summed E-state index contributed by atoms with van der Waals surface area (Å²) in [6.07, 6.45) is 5.13. The number of thiazole rings is 1. The van der Waals surface area contributed by atoms with E-state index >= 15 is 0 Å². The maximum atomic E-state index is 13.9. The van der Waals surface area contributed by atoms with Crippen LogP contribution in [0, 0.1) is 6.92 Å². The highest BCUT2D eigenvalue weighted by Gasteiger charge is 2.34. The van der Waals surface area contributed by atoms with Gasteiger partial charge in [-0.3, -0.25) is 9.59 Å². The van der Waals surface area contributed by atoms with Crippen molar-refractivity contribution in [3.63, 3.8) is 0 Å². The van der Waals surface area contributed by atoms with E-state index in [0.29, 0.717) is 55.0 Å². The van der Waals surface area contributed by atoms with Gasteiger partial charge in [-0.1, -0.05) is 29.8 Å². The zero-order chi connectivity index (χ0) is 25.4. The Morgan fingerprint density at radius 2 is 1.89 bits per heavy atom. The van der Waals surface area contributed by atoms with E-state index in [1.54, 1.807) is 29.5 Å². The molecule has 2 fully saturated rings. The zero-order valence-corrected chi connectivity index (χ0v) is 21.8. The Kier molecular flexibility index (Phi) is 6.59. The van der Waals surface area contributed by atoms with E-state index in [-0.39, 0.29) is 17.9 Å². The largest absolute Gasteiger partial charge is 0.486 e. The molecule has 0 spiro atoms. The van der Waals surface area contributed by atoms with E-state index in [1.807, 2.05) is 11.0 Å². The van der Waals surface area contributed by atoms with Gasteiger partial charge in [-0.05, 0) is 62.8 Å². The fourth-order valence-corrected chi connectivity index (χ4v) is 6.30. The molecule has 3 heterocycles. The fraction of sp³-hybridized carbons (Fsp3) is 0.414. The number of nitrogens with zero attached hydrogens (tertiary/aromatic N) is 2. The lowest BCUT2D eigenvalue weighted by molar-refractivity contribution is 0.0598. The van der Waals surface area contributed by atoms with Gasteiger partial charge in [0.2, 0.25) is 0 Å². The average Bonchev–Trinajstić information content (AvgIpc) is 3.69. The van der Waals surface area contributed by atoms with Gasteiger partial charge in [0.1, 0.15) is 18.9 Å². The number of nitrogens with one attached hydrogen (secondary N) is 1. The molecule has 1 N–H and O–H groups in total. The minimum Gasteiger partial charge on any atom is -0.486 e. The monoisotopic (exact) mass is 517 g/mol. The number of fused-ring (bicyclic) bond motifs is 1. The van der Waals surface area contributed by atoms with E-state index in [2.05, 4.69) is 30.4 Å². The molecular weight excluding hydrogens is 486 g/mol. The molecule has 2 aliphatic heterocycles. The van der Waals surface area contributed by atoms with Crippen molar-refractivity contribution >= 4 is 23.2 Å². The maximum absolute atomic E-state index is 13.9. The molecule has 0 unspecified atom stereocenters. The van der Waals surface area contributed by atoms with E-state index in [1.165, 1.54) is 0 Å². The first-order chi connectivity index (χ1) is 18.1. The molecule has 1 saturated heterocycles. The number of carbonyl (C=O) groups excluding carboxylic acids is 2. The lowest BCUT2D eigenvalue weighted by Crippen LogP contribution is -2.49. The van der Waals surface area contributed by atoms with Crippen LogP contribution in [0.5, 0.6) is 11.5 Å². The van der Waals surface area contributed by atoms with E-state index in [9.17, 15) is 9.59 Å². The molecule has 6 rings (SSSR count). The van der Waals surface area contributed by atoms with Gasteiger partial charge in [-0.25, -0.2) is 4.98 Å². The van der Waals surface area contributed by atoms with E-state index in [0.717, 1.165) is 53.1 Å². The summed E-state index contributed by atoms with van der Waals surface area (Å²) in [5.74, 6) is 1.52. The van der Waals surface area contributed by atoms with Crippen molar-refractivity contribution in [2.75, 3.05) is 26.3 Å². The van der Waals surface area contributed by atoms with Crippen LogP contribution in [-0.4, -0.2) is 54.0 Å². The van der Waals surface area contributed by atoms with Crippen LogP contribution in [-0.2, 0) is 0 Å². The van der Waals surface area contributed by atoms with Crippen LogP contribution in [0.15, 0.2) is 42.5 Å². The number of piperidine rings is 1. The number of aryl methyl sites for hydroxylation is 1. The molecule has 0 radical (unpaired) electrons. The number of hydrogen-bond acceptors (Lipinski definition) is 6. The highest BCUT2D eigenvalue weighted by molar-refractivity contribution is 7.15. The number of likely N-dealkylation sites (tertiary alicyclic amines) is 1. The lowest BCUT2D eigenvalue weighted by atomic mass is 10.0. The second-order valence-electron chi connectivity index (χ2n) is 10.1. The van der Waals surface area contributed by atoms with Crippen LogP contribution in [0.4, 0.5) is 0 Å². The second kappa shape index (κ2) is 10.2. The minimum absolute atomic E-state index is 0.0297. The Hall–Kier alpha value is -3.39. The zero-order valence-electron chi connectivity index (χ0n) is 21.0. The van der Waals surface area contributed by atoms with Crippen molar-refractivity contribution in [1.82, 2.24) is 15.2 Å². The summed E-state index contributed by atoms with van der Waals surface area (Å²) >= 11 is 1.66. The van der Waals surface area contributed by atoms with Crippen molar-refractivity contribution in [1.29, 1.82) is 0 Å². The summed E-state index contributed by atoms with van der Waals surface area (Å²) in [6.45, 7) is 4.13. The van der Waals surface area contributed by atoms with Gasteiger partial charge in [0, 0.05) is 30.6 Å². The second-order valence-corrected chi connectivity index (χ2v) is 11.1. The van der Waals surface area contributed by atoms with Gasteiger partial charge in [0.15, 0.2) is 11.5 Å². The number of benzene rings is 2. The predicted octanol–water partition coefficient (Wildman–Crippen LogP) is 5.19. The lowest BCUT2D eigenvalue weighted by Gasteiger charge is -2.35. The molecule has 192 valence electrons. The topological polar surface area (TPSA) is 80.8 Å². The molecule has 3 aliphatic rings. The van der Waals surface area contributed by atoms with E-state index in [4.69, 9.17) is 14.5 Å². The fourth-order valence-electron chi connectivity index (χ4n) is 5.08. The van der Waals surface area contributed by atoms with Crippen molar-refractivity contribution in [3.8, 4) is 21.9 Å². The minimum atomic E-state index is -0.180. The van der Waals surface area contributed by atoms with Crippen LogP contribution >= 0.6 is 11.3 Å². The molecule has 8 heteroatoms. The molecule has 1 aliphatic carbocycles. The van der Waals surface area contributed by atoms with Crippen molar-refractivity contribution in [2.24, 2.45) is 0 Å². The molecule has 2 amide bonds. The number of aromatic nitrogens is 1. The van der Waals surface area contributed by atoms with Crippen molar-refractivity contribution in [3.05, 3.63) is 64.3 Å². The number of ether oxygens (including phenoxy) is 2. The third-order valence-corrected chi connectivity index (χ3v) is 8.51. The van der Waals surface area contributed by atoms with E-state index < -0.39 is 0 Å². The Labute approximate surface area is 220 Å². The molecular formula is C29H31N3O4S. The third-order valence-electron chi connectivity index (χ3n) is 7.24. The standard InChI is InChI=1S/C29H31N3O4S/c1-18-5-4-6-20(15-18)26-25(31-28(37-26)19-8-9-19)29(34)32-12-3-2-7-22(32)17-30-27(33)21-10-11-23-24(16-21)36-14-13-35-23/h4-6,10-11,15-16,19,22H,2-3,7-9,12-14,17H2,1H3,(H,30,33)/t22-/m0/s1. The highest BCUT2D eigenvalue weighted by atomic mass is 32.1. The highest BCUT2D eigenvalue weighted by Crippen LogP contribution is 2.45. The van der Waals surface area contributed by atoms with Gasteiger partial charge < -0.3 is 19.7 Å². The maximum Gasteiger partial charge on any atom is 0.274 e. The Bertz CT molecular complexity index is 1330. The molecule has 7 nitrogen and oxygen atoms in total. The molecule has 3 aromatic rings. The van der Waals surface area contributed by atoms with Crippen LogP contribution in [0.25, 0.3) is 10.4 Å². The molecule has 1 saturated carbocycles. The first-order valence-electron chi connectivity index (χ1n) is 13.1. The molecule has 1 atom stereocenters. The number of rotatable bonds is 6. The third kappa shape index (κ3) is 5.07. The van der Waals surface area contributed by atoms with Crippen molar-refractivity contribution in [2.45, 2.75) is 51.0 Å². The molecule has 2 aromatic carbocycles. The number of carbonyl (C=O) groups is 2. The summed E-state index contributed by atoms with van der Waals surface area (Å²) in [6, 6.07) is 13.5. The first kappa shape index (κ1) is 24.0. The van der Waals surface area contributed by atoms with Crippen LogP contribution < -0.4 is 14.8 Å². The predicted molar refractivity (Wildman–Crippen MR) is 143 cm³/mol. The smallest absolute Gasteiger partial charge is 0.274 e. The molecule has 1 aromatic heterocycles. The summed E-state index contributed by atoms with van der Waals surface area (Å²) in [5.41, 5.74) is 3.29. The normalized spacial score (nSPS) is 18.9. The van der Waals surface area contributed by atoms with Crippen molar-refractivity contribution < 1.29 is 19.1 Å². The first-order valence-corrected chi connectivity index (χ1v) is 13.9.